The monoisotopic (exact) mass is 138 g/mol. The number of rotatable bonds is 1. The zero-order valence-electron chi connectivity index (χ0n) is 7.52. The van der Waals surface area contributed by atoms with E-state index in [0.717, 1.165) is 0 Å². The van der Waals surface area contributed by atoms with E-state index in [2.05, 4.69) is 26.5 Å². The summed E-state index contributed by atoms with van der Waals surface area (Å²) in [7, 11) is 0. The highest BCUT2D eigenvalue weighted by molar-refractivity contribution is 4.94. The fourth-order valence-corrected chi connectivity index (χ4v) is 0.136. The fraction of sp³-hybridized carbons (Fsp3) is 0.400. The molecule has 58 valence electrons. The predicted octanol–water partition coefficient (Wildman–Crippen LogP) is 3.72. The van der Waals surface area contributed by atoms with Crippen molar-refractivity contribution in [1.82, 2.24) is 0 Å². The van der Waals surface area contributed by atoms with Gasteiger partial charge in [0.2, 0.25) is 0 Å². The lowest BCUT2D eigenvalue weighted by molar-refractivity contribution is 1.36. The van der Waals surface area contributed by atoms with Gasteiger partial charge in [-0.3, -0.25) is 0 Å². The second-order valence-electron chi connectivity index (χ2n) is 2.13. The van der Waals surface area contributed by atoms with Gasteiger partial charge in [-0.15, -0.1) is 0 Å². The van der Waals surface area contributed by atoms with E-state index >= 15 is 0 Å². The highest BCUT2D eigenvalue weighted by Crippen LogP contribution is 1.82. The van der Waals surface area contributed by atoms with Gasteiger partial charge in [0.05, 0.1) is 0 Å². The molecule has 0 atom stereocenters. The Kier molecular flexibility index (Phi) is 13.2. The van der Waals surface area contributed by atoms with Crippen molar-refractivity contribution in [3.63, 3.8) is 0 Å². The van der Waals surface area contributed by atoms with Crippen LogP contribution >= 0.6 is 0 Å². The maximum atomic E-state index is 3.46. The molecule has 0 nitrogen and oxygen atoms in total. The molecule has 0 fully saturated rings. The summed E-state index contributed by atoms with van der Waals surface area (Å²) >= 11 is 0. The number of hydrogen-bond donors (Lipinski definition) is 0. The standard InChI is InChI=1S/C5H10.C5H8/c1-4-5(2)3;1-3-5-4-2/h4H,1-3H3;3-5H,1H2,2H3/b;5-4-. The van der Waals surface area contributed by atoms with Gasteiger partial charge >= 0.3 is 0 Å². The molecule has 0 aromatic carbocycles. The first-order valence-electron chi connectivity index (χ1n) is 3.52. The maximum Gasteiger partial charge on any atom is -0.0442 e. The zero-order chi connectivity index (χ0) is 8.41. The van der Waals surface area contributed by atoms with Crippen LogP contribution in [0, 0.1) is 0 Å². The quantitative estimate of drug-likeness (QED) is 0.382. The van der Waals surface area contributed by atoms with Crippen LogP contribution in [-0.2, 0) is 0 Å². The summed E-state index contributed by atoms with van der Waals surface area (Å²) in [6, 6.07) is 0. The Morgan fingerprint density at radius 2 is 1.60 bits per heavy atom. The molecule has 0 saturated carbocycles. The van der Waals surface area contributed by atoms with Crippen LogP contribution < -0.4 is 0 Å². The third kappa shape index (κ3) is 26.9. The molecule has 0 heteroatoms. The molecular formula is C10H18. The van der Waals surface area contributed by atoms with Gasteiger partial charge in [0.15, 0.2) is 0 Å². The van der Waals surface area contributed by atoms with E-state index in [1.807, 2.05) is 26.0 Å². The Bertz CT molecular complexity index is 112. The van der Waals surface area contributed by atoms with Gasteiger partial charge in [-0.2, -0.15) is 0 Å². The molecule has 0 saturated heterocycles. The largest absolute Gasteiger partial charge is 0.0991 e. The SMILES string of the molecule is C=C/C=C\C.CC=C(C)C. The Morgan fingerprint density at radius 3 is 1.60 bits per heavy atom. The lowest BCUT2D eigenvalue weighted by Crippen LogP contribution is -1.52. The fourth-order valence-electron chi connectivity index (χ4n) is 0.136. The minimum atomic E-state index is 1.38. The van der Waals surface area contributed by atoms with E-state index in [4.69, 9.17) is 0 Å². The summed E-state index contributed by atoms with van der Waals surface area (Å²) in [5.41, 5.74) is 1.38. The van der Waals surface area contributed by atoms with Gasteiger partial charge in [-0.25, -0.2) is 0 Å². The van der Waals surface area contributed by atoms with Crippen molar-refractivity contribution >= 4 is 0 Å². The minimum absolute atomic E-state index is 1.38. The van der Waals surface area contributed by atoms with E-state index in [9.17, 15) is 0 Å². The highest BCUT2D eigenvalue weighted by atomic mass is 13.7. The third-order valence-corrected chi connectivity index (χ3v) is 0.906. The molecule has 0 aromatic heterocycles. The molecule has 0 aliphatic carbocycles. The Morgan fingerprint density at radius 1 is 1.20 bits per heavy atom. The molecule has 0 aliphatic rings. The second-order valence-corrected chi connectivity index (χ2v) is 2.13. The zero-order valence-corrected chi connectivity index (χ0v) is 7.52. The Hall–Kier alpha value is -0.780. The van der Waals surface area contributed by atoms with E-state index < -0.39 is 0 Å². The lowest BCUT2D eigenvalue weighted by atomic mass is 10.3. The van der Waals surface area contributed by atoms with Crippen LogP contribution in [0.25, 0.3) is 0 Å². The summed E-state index contributed by atoms with van der Waals surface area (Å²) < 4.78 is 0. The van der Waals surface area contributed by atoms with Gasteiger partial charge in [0, 0.05) is 0 Å². The van der Waals surface area contributed by atoms with Crippen molar-refractivity contribution in [1.29, 1.82) is 0 Å². The van der Waals surface area contributed by atoms with Crippen LogP contribution in [0.5, 0.6) is 0 Å². The van der Waals surface area contributed by atoms with Crippen molar-refractivity contribution in [3.8, 4) is 0 Å². The first kappa shape index (κ1) is 12.0. The van der Waals surface area contributed by atoms with E-state index in [1.54, 1.807) is 6.08 Å². The van der Waals surface area contributed by atoms with Gasteiger partial charge in [-0.1, -0.05) is 36.5 Å². The number of hydrogen-bond acceptors (Lipinski definition) is 0. The third-order valence-electron chi connectivity index (χ3n) is 0.906. The van der Waals surface area contributed by atoms with Gasteiger partial charge in [-0.05, 0) is 27.7 Å². The predicted molar refractivity (Wildman–Crippen MR) is 50.1 cm³/mol. The first-order valence-corrected chi connectivity index (χ1v) is 3.52. The molecule has 0 aromatic rings. The van der Waals surface area contributed by atoms with Crippen LogP contribution in [0.4, 0.5) is 0 Å². The van der Waals surface area contributed by atoms with Gasteiger partial charge < -0.3 is 0 Å². The molecule has 0 unspecified atom stereocenters. The summed E-state index contributed by atoms with van der Waals surface area (Å²) in [5.74, 6) is 0. The Balaban J connectivity index is 0. The van der Waals surface area contributed by atoms with Gasteiger partial charge in [0.1, 0.15) is 0 Å². The van der Waals surface area contributed by atoms with Gasteiger partial charge in [0.25, 0.3) is 0 Å². The van der Waals surface area contributed by atoms with Crippen molar-refractivity contribution in [2.45, 2.75) is 27.7 Å². The lowest BCUT2D eigenvalue weighted by Gasteiger charge is -1.74. The average molecular weight is 138 g/mol. The molecule has 0 bridgehead atoms. The molecular weight excluding hydrogens is 120 g/mol. The normalized spacial score (nSPS) is 8.00. The van der Waals surface area contributed by atoms with Crippen molar-refractivity contribution < 1.29 is 0 Å². The minimum Gasteiger partial charge on any atom is -0.0991 e. The smallest absolute Gasteiger partial charge is 0.0442 e. The highest BCUT2D eigenvalue weighted by Gasteiger charge is 1.60. The summed E-state index contributed by atoms with van der Waals surface area (Å²) in [5, 5.41) is 0. The van der Waals surface area contributed by atoms with E-state index in [-0.39, 0.29) is 0 Å². The molecule has 0 spiro atoms. The summed E-state index contributed by atoms with van der Waals surface area (Å²) in [6.45, 7) is 11.6. The van der Waals surface area contributed by atoms with Crippen LogP contribution in [0.1, 0.15) is 27.7 Å². The number of allylic oxidation sites excluding steroid dienone is 5. The summed E-state index contributed by atoms with van der Waals surface area (Å²) in [4.78, 5) is 0. The molecule has 0 aliphatic heterocycles. The van der Waals surface area contributed by atoms with Crippen LogP contribution in [0.15, 0.2) is 36.5 Å². The summed E-state index contributed by atoms with van der Waals surface area (Å²) in [6.07, 6.45) is 7.66. The average Bonchev–Trinajstić information content (AvgIpc) is 1.91. The molecule has 0 rings (SSSR count). The molecule has 0 amide bonds. The Labute approximate surface area is 65.0 Å². The molecule has 0 radical (unpaired) electrons. The first-order chi connectivity index (χ1) is 4.68. The molecule has 10 heavy (non-hydrogen) atoms. The van der Waals surface area contributed by atoms with Crippen LogP contribution in [-0.4, -0.2) is 0 Å². The van der Waals surface area contributed by atoms with Crippen LogP contribution in [0.2, 0.25) is 0 Å². The molecule has 0 N–H and O–H groups in total. The van der Waals surface area contributed by atoms with Crippen LogP contribution in [0.3, 0.4) is 0 Å². The topological polar surface area (TPSA) is 0 Å². The maximum absolute atomic E-state index is 3.46. The van der Waals surface area contributed by atoms with E-state index in [0.29, 0.717) is 0 Å². The van der Waals surface area contributed by atoms with Crippen molar-refractivity contribution in [3.05, 3.63) is 36.5 Å². The second kappa shape index (κ2) is 11.1. The van der Waals surface area contributed by atoms with E-state index in [1.165, 1.54) is 5.57 Å². The van der Waals surface area contributed by atoms with Crippen molar-refractivity contribution in [2.24, 2.45) is 0 Å². The molecule has 0 heterocycles. The van der Waals surface area contributed by atoms with Crippen molar-refractivity contribution in [2.75, 3.05) is 0 Å².